The van der Waals surface area contributed by atoms with E-state index >= 15 is 0 Å². The van der Waals surface area contributed by atoms with Gasteiger partial charge in [-0.3, -0.25) is 0 Å². The van der Waals surface area contributed by atoms with Gasteiger partial charge in [0.05, 0.1) is 12.3 Å². The van der Waals surface area contributed by atoms with Crippen molar-refractivity contribution in [3.63, 3.8) is 0 Å². The summed E-state index contributed by atoms with van der Waals surface area (Å²) in [5.41, 5.74) is 4.13. The molecule has 2 amide bonds. The Bertz CT molecular complexity index is 1040. The highest BCUT2D eigenvalue weighted by Gasteiger charge is 2.20. The van der Waals surface area contributed by atoms with Crippen molar-refractivity contribution < 1.29 is 14.3 Å². The number of hydrogen-bond donors (Lipinski definition) is 1. The number of esters is 1. The number of urea groups is 1. The van der Waals surface area contributed by atoms with Gasteiger partial charge in [0, 0.05) is 25.0 Å². The number of hydrogen-bond acceptors (Lipinski definition) is 4. The molecular weight excluding hydrogens is 368 g/mol. The number of anilines is 1. The summed E-state index contributed by atoms with van der Waals surface area (Å²) in [6.45, 7) is 3.34. The molecule has 1 N–H and O–H groups in total. The van der Waals surface area contributed by atoms with E-state index in [1.165, 1.54) is 11.1 Å². The van der Waals surface area contributed by atoms with Crippen LogP contribution in [-0.2, 0) is 17.7 Å². The summed E-state index contributed by atoms with van der Waals surface area (Å²) in [7, 11) is 0. The van der Waals surface area contributed by atoms with E-state index in [-0.39, 0.29) is 11.7 Å². The number of amides is 2. The Morgan fingerprint density at radius 2 is 1.93 bits per heavy atom. The van der Waals surface area contributed by atoms with Gasteiger partial charge >= 0.3 is 12.0 Å². The minimum atomic E-state index is -0.457. The number of ether oxygens (including phenoxy) is 1. The molecule has 29 heavy (non-hydrogen) atoms. The number of carbonyl (C=O) groups is 2. The summed E-state index contributed by atoms with van der Waals surface area (Å²) in [6.07, 6.45) is 2.54. The van der Waals surface area contributed by atoms with Crippen LogP contribution in [0.3, 0.4) is 0 Å². The molecule has 148 valence electrons. The number of rotatable bonds is 4. The number of carbonyl (C=O) groups excluding carboxylic acids is 2. The molecule has 3 aromatic rings. The molecule has 0 bridgehead atoms. The first-order valence-corrected chi connectivity index (χ1v) is 9.60. The summed E-state index contributed by atoms with van der Waals surface area (Å²) >= 11 is 0. The molecule has 0 saturated carbocycles. The monoisotopic (exact) mass is 390 g/mol. The van der Waals surface area contributed by atoms with E-state index in [9.17, 15) is 9.59 Å². The van der Waals surface area contributed by atoms with Crippen molar-refractivity contribution >= 4 is 17.7 Å². The first kappa shape index (κ1) is 18.7. The van der Waals surface area contributed by atoms with Gasteiger partial charge in [-0.1, -0.05) is 30.3 Å². The lowest BCUT2D eigenvalue weighted by Gasteiger charge is -2.29. The summed E-state index contributed by atoms with van der Waals surface area (Å²) < 4.78 is 6.55. The fraction of sp³-hybridized carbons (Fsp3) is 0.227. The van der Waals surface area contributed by atoms with Crippen molar-refractivity contribution in [2.45, 2.75) is 19.9 Å². The van der Waals surface area contributed by atoms with E-state index in [1.54, 1.807) is 23.9 Å². The van der Waals surface area contributed by atoms with Crippen LogP contribution >= 0.6 is 0 Å². The SMILES string of the molecule is CCOC(=O)c1ccn(-c2cccc(NC(=O)N3CCc4ccccc4C3)c2)n1. The summed E-state index contributed by atoms with van der Waals surface area (Å²) in [5, 5.41) is 7.21. The van der Waals surface area contributed by atoms with Gasteiger partial charge in [0.1, 0.15) is 0 Å². The van der Waals surface area contributed by atoms with Crippen molar-refractivity contribution in [1.29, 1.82) is 0 Å². The summed E-state index contributed by atoms with van der Waals surface area (Å²) in [5.74, 6) is -0.457. The van der Waals surface area contributed by atoms with Crippen LogP contribution in [0.25, 0.3) is 5.69 Å². The molecule has 2 heterocycles. The molecule has 1 aliphatic heterocycles. The van der Waals surface area contributed by atoms with E-state index in [1.807, 2.05) is 41.3 Å². The van der Waals surface area contributed by atoms with Crippen LogP contribution in [0.4, 0.5) is 10.5 Å². The molecule has 4 rings (SSSR count). The number of fused-ring (bicyclic) bond motifs is 1. The van der Waals surface area contributed by atoms with E-state index in [0.717, 1.165) is 12.1 Å². The fourth-order valence-corrected chi connectivity index (χ4v) is 3.38. The molecule has 0 fully saturated rings. The zero-order valence-electron chi connectivity index (χ0n) is 16.2. The highest BCUT2D eigenvalue weighted by atomic mass is 16.5. The Hall–Kier alpha value is -3.61. The molecule has 0 spiro atoms. The Kier molecular flexibility index (Phi) is 5.29. The molecule has 7 heteroatoms. The normalized spacial score (nSPS) is 12.9. The maximum Gasteiger partial charge on any atom is 0.358 e. The average molecular weight is 390 g/mol. The smallest absolute Gasteiger partial charge is 0.358 e. The topological polar surface area (TPSA) is 76.5 Å². The predicted octanol–water partition coefficient (Wildman–Crippen LogP) is 3.64. The quantitative estimate of drug-likeness (QED) is 0.690. The van der Waals surface area contributed by atoms with Crippen LogP contribution in [0, 0.1) is 0 Å². The summed E-state index contributed by atoms with van der Waals surface area (Å²) in [6, 6.07) is 17.0. The second-order valence-electron chi connectivity index (χ2n) is 6.79. The number of nitrogens with zero attached hydrogens (tertiary/aromatic N) is 3. The number of aromatic nitrogens is 2. The molecular formula is C22H22N4O3. The van der Waals surface area contributed by atoms with E-state index in [4.69, 9.17) is 4.74 Å². The molecule has 2 aromatic carbocycles. The maximum absolute atomic E-state index is 12.7. The van der Waals surface area contributed by atoms with Gasteiger partial charge in [0.2, 0.25) is 0 Å². The Labute approximate surface area is 168 Å². The molecule has 0 unspecified atom stereocenters. The first-order chi connectivity index (χ1) is 14.1. The van der Waals surface area contributed by atoms with Crippen molar-refractivity contribution in [1.82, 2.24) is 14.7 Å². The second-order valence-corrected chi connectivity index (χ2v) is 6.79. The van der Waals surface area contributed by atoms with Crippen LogP contribution < -0.4 is 5.32 Å². The van der Waals surface area contributed by atoms with Gasteiger partial charge < -0.3 is 15.0 Å². The van der Waals surface area contributed by atoms with Gasteiger partial charge in [-0.05, 0) is 48.7 Å². The zero-order chi connectivity index (χ0) is 20.2. The van der Waals surface area contributed by atoms with Crippen LogP contribution in [-0.4, -0.2) is 39.8 Å². The van der Waals surface area contributed by atoms with Crippen molar-refractivity contribution in [3.05, 3.63) is 77.6 Å². The van der Waals surface area contributed by atoms with Crippen molar-refractivity contribution in [3.8, 4) is 5.69 Å². The third-order valence-electron chi connectivity index (χ3n) is 4.85. The molecule has 1 aliphatic rings. The van der Waals surface area contributed by atoms with Gasteiger partial charge in [-0.15, -0.1) is 0 Å². The highest BCUT2D eigenvalue weighted by molar-refractivity contribution is 5.90. The predicted molar refractivity (Wildman–Crippen MR) is 109 cm³/mol. The number of benzene rings is 2. The van der Waals surface area contributed by atoms with E-state index in [2.05, 4.69) is 22.5 Å². The zero-order valence-corrected chi connectivity index (χ0v) is 16.2. The van der Waals surface area contributed by atoms with Crippen LogP contribution in [0.2, 0.25) is 0 Å². The Morgan fingerprint density at radius 3 is 2.76 bits per heavy atom. The van der Waals surface area contributed by atoms with Crippen LogP contribution in [0.1, 0.15) is 28.5 Å². The van der Waals surface area contributed by atoms with Gasteiger partial charge in [-0.2, -0.15) is 5.10 Å². The van der Waals surface area contributed by atoms with Gasteiger partial charge in [-0.25, -0.2) is 14.3 Å². The molecule has 0 atom stereocenters. The Morgan fingerprint density at radius 1 is 1.10 bits per heavy atom. The molecule has 1 aromatic heterocycles. The fourth-order valence-electron chi connectivity index (χ4n) is 3.38. The third kappa shape index (κ3) is 4.13. The average Bonchev–Trinajstić information content (AvgIpc) is 3.24. The van der Waals surface area contributed by atoms with Crippen LogP contribution in [0.15, 0.2) is 60.8 Å². The van der Waals surface area contributed by atoms with E-state index < -0.39 is 5.97 Å². The lowest BCUT2D eigenvalue weighted by Crippen LogP contribution is -2.38. The minimum Gasteiger partial charge on any atom is -0.461 e. The van der Waals surface area contributed by atoms with Crippen molar-refractivity contribution in [2.75, 3.05) is 18.5 Å². The van der Waals surface area contributed by atoms with Crippen LogP contribution in [0.5, 0.6) is 0 Å². The molecule has 0 radical (unpaired) electrons. The minimum absolute atomic E-state index is 0.135. The van der Waals surface area contributed by atoms with Crippen molar-refractivity contribution in [2.24, 2.45) is 0 Å². The third-order valence-corrected chi connectivity index (χ3v) is 4.85. The maximum atomic E-state index is 12.7. The largest absolute Gasteiger partial charge is 0.461 e. The lowest BCUT2D eigenvalue weighted by molar-refractivity contribution is 0.0519. The Balaban J connectivity index is 1.45. The summed E-state index contributed by atoms with van der Waals surface area (Å²) in [4.78, 5) is 26.3. The lowest BCUT2D eigenvalue weighted by atomic mass is 10.0. The number of nitrogens with one attached hydrogen (secondary N) is 1. The van der Waals surface area contributed by atoms with Gasteiger partial charge in [0.25, 0.3) is 0 Å². The molecule has 0 aliphatic carbocycles. The van der Waals surface area contributed by atoms with Gasteiger partial charge in [0.15, 0.2) is 5.69 Å². The molecule has 7 nitrogen and oxygen atoms in total. The molecule has 0 saturated heterocycles. The standard InChI is InChI=1S/C22H22N4O3/c1-2-29-21(27)20-11-13-26(24-20)19-9-5-8-18(14-19)23-22(28)25-12-10-16-6-3-4-7-17(16)15-25/h3-9,11,13-14H,2,10,12,15H2,1H3,(H,23,28). The van der Waals surface area contributed by atoms with E-state index in [0.29, 0.717) is 25.4 Å². The highest BCUT2D eigenvalue weighted by Crippen LogP contribution is 2.20. The second kappa shape index (κ2) is 8.18. The first-order valence-electron chi connectivity index (χ1n) is 9.60.